The Balaban J connectivity index is 2.67. The van der Waals surface area contributed by atoms with Gasteiger partial charge in [0.2, 0.25) is 25.8 Å². The molecular weight excluding hydrogens is 473 g/mol. The van der Waals surface area contributed by atoms with E-state index in [1.807, 2.05) is 0 Å². The van der Waals surface area contributed by atoms with Crippen molar-refractivity contribution in [2.45, 2.75) is 9.79 Å². The summed E-state index contributed by atoms with van der Waals surface area (Å²) in [5.74, 6) is -2.58. The number of carbonyl (C=O) groups is 2. The maximum Gasteiger partial charge on any atom is 0.281 e. The van der Waals surface area contributed by atoms with Gasteiger partial charge in [0.1, 0.15) is 15.4 Å². The number of rotatable bonds is 3. The molecule has 0 heterocycles. The molecule has 0 bridgehead atoms. The lowest BCUT2D eigenvalue weighted by atomic mass is 9.83. The van der Waals surface area contributed by atoms with Crippen LogP contribution in [0.1, 0.15) is 31.8 Å². The van der Waals surface area contributed by atoms with E-state index < -0.39 is 84.3 Å². The Morgan fingerprint density at radius 3 is 1.69 bits per heavy atom. The van der Waals surface area contributed by atoms with Crippen LogP contribution < -0.4 is 10.3 Å². The summed E-state index contributed by atoms with van der Waals surface area (Å²) in [7, 11) is -9.65. The van der Waals surface area contributed by atoms with Gasteiger partial charge in [-0.15, -0.1) is 0 Å². The molecule has 1 aliphatic rings. The third-order valence-electron chi connectivity index (χ3n) is 4.03. The lowest BCUT2D eigenvalue weighted by molar-refractivity contribution is -0.385. The highest BCUT2D eigenvalue weighted by atomic mass is 35.5. The first-order valence-corrected chi connectivity index (χ1v) is 11.0. The number of nitro groups is 1. The van der Waals surface area contributed by atoms with Gasteiger partial charge in [0, 0.05) is 11.6 Å². The molecule has 0 aliphatic heterocycles. The number of sulfonamides is 2. The second-order valence-corrected chi connectivity index (χ2v) is 9.49. The number of primary sulfonamides is 2. The standard InChI is InChI=1S/C14H7Cl2N3O8S2/c15-9-10(16)14(29(18,26)27)8-7(13(9)28(17,24)25)11(20)4-2-1-3-5(19(22)23)6(4)12(8)21/h1-3H,(H2,17,24,25)(H2,18,26,27). The molecule has 0 aromatic heterocycles. The van der Waals surface area contributed by atoms with Crippen molar-refractivity contribution in [3.63, 3.8) is 0 Å². The monoisotopic (exact) mass is 479 g/mol. The van der Waals surface area contributed by atoms with Crippen molar-refractivity contribution in [3.8, 4) is 0 Å². The van der Waals surface area contributed by atoms with Gasteiger partial charge in [-0.1, -0.05) is 29.3 Å². The van der Waals surface area contributed by atoms with E-state index in [2.05, 4.69) is 0 Å². The molecule has 0 atom stereocenters. The summed E-state index contributed by atoms with van der Waals surface area (Å²) in [6, 6.07) is 3.02. The van der Waals surface area contributed by atoms with Crippen LogP contribution in [0.4, 0.5) is 5.69 Å². The van der Waals surface area contributed by atoms with Crippen LogP contribution in [-0.2, 0) is 20.0 Å². The maximum atomic E-state index is 13.1. The molecule has 0 unspecified atom stereocenters. The second-order valence-electron chi connectivity index (χ2n) is 5.74. The van der Waals surface area contributed by atoms with Gasteiger partial charge in [-0.3, -0.25) is 19.7 Å². The van der Waals surface area contributed by atoms with Crippen LogP contribution in [0.3, 0.4) is 0 Å². The van der Waals surface area contributed by atoms with Gasteiger partial charge in [-0.25, -0.2) is 27.1 Å². The number of halogens is 2. The Labute approximate surface area is 172 Å². The zero-order valence-electron chi connectivity index (χ0n) is 13.7. The first kappa shape index (κ1) is 21.3. The molecule has 0 spiro atoms. The molecule has 2 aromatic carbocycles. The van der Waals surface area contributed by atoms with E-state index in [4.69, 9.17) is 33.5 Å². The Kier molecular flexibility index (Phi) is 4.81. The van der Waals surface area contributed by atoms with E-state index in [-0.39, 0.29) is 0 Å². The lowest BCUT2D eigenvalue weighted by Crippen LogP contribution is -2.30. The Bertz CT molecular complexity index is 1380. The third kappa shape index (κ3) is 3.11. The molecule has 15 heteroatoms. The summed E-state index contributed by atoms with van der Waals surface area (Å²) in [5, 5.41) is 19.6. The van der Waals surface area contributed by atoms with Crippen molar-refractivity contribution in [1.82, 2.24) is 0 Å². The number of ketones is 2. The van der Waals surface area contributed by atoms with E-state index in [0.717, 1.165) is 18.2 Å². The van der Waals surface area contributed by atoms with Crippen LogP contribution in [0.2, 0.25) is 10.0 Å². The van der Waals surface area contributed by atoms with Crippen LogP contribution in [-0.4, -0.2) is 33.3 Å². The SMILES string of the molecule is NS(=O)(=O)c1c(Cl)c(Cl)c(S(N)(=O)=O)c2c1C(=O)c1cccc([N+](=O)[O-])c1C2=O. The summed E-state index contributed by atoms with van der Waals surface area (Å²) in [6.07, 6.45) is 0. The fourth-order valence-electron chi connectivity index (χ4n) is 2.99. The van der Waals surface area contributed by atoms with Gasteiger partial charge < -0.3 is 0 Å². The highest BCUT2D eigenvalue weighted by Crippen LogP contribution is 2.45. The van der Waals surface area contributed by atoms with Crippen molar-refractivity contribution >= 4 is 60.5 Å². The molecule has 11 nitrogen and oxygen atoms in total. The van der Waals surface area contributed by atoms with Gasteiger partial charge in [0.25, 0.3) is 5.69 Å². The van der Waals surface area contributed by atoms with Crippen molar-refractivity contribution in [1.29, 1.82) is 0 Å². The van der Waals surface area contributed by atoms with Crippen molar-refractivity contribution in [2.24, 2.45) is 10.3 Å². The van der Waals surface area contributed by atoms with Gasteiger partial charge in [0.15, 0.2) is 5.78 Å². The third-order valence-corrected chi connectivity index (χ3v) is 7.06. The fourth-order valence-corrected chi connectivity index (χ4v) is 5.79. The Hall–Kier alpha value is -2.42. The van der Waals surface area contributed by atoms with Crippen LogP contribution in [0, 0.1) is 10.1 Å². The molecule has 0 saturated carbocycles. The topological polar surface area (TPSA) is 198 Å². The van der Waals surface area contributed by atoms with Gasteiger partial charge >= 0.3 is 0 Å². The molecule has 4 N–H and O–H groups in total. The number of nitrogens with zero attached hydrogens (tertiary/aromatic N) is 1. The molecule has 0 saturated heterocycles. The van der Waals surface area contributed by atoms with Crippen LogP contribution in [0.25, 0.3) is 0 Å². The smallest absolute Gasteiger partial charge is 0.281 e. The Morgan fingerprint density at radius 2 is 1.28 bits per heavy atom. The Morgan fingerprint density at radius 1 is 0.828 bits per heavy atom. The average molecular weight is 480 g/mol. The van der Waals surface area contributed by atoms with Crippen molar-refractivity contribution in [2.75, 3.05) is 0 Å². The molecule has 1 aliphatic carbocycles. The minimum absolute atomic E-state index is 0.541. The zero-order chi connectivity index (χ0) is 22.0. The summed E-state index contributed by atoms with van der Waals surface area (Å²) in [6.45, 7) is 0. The highest BCUT2D eigenvalue weighted by Gasteiger charge is 2.44. The van der Waals surface area contributed by atoms with Crippen molar-refractivity contribution in [3.05, 3.63) is 60.6 Å². The molecule has 0 amide bonds. The second kappa shape index (κ2) is 6.55. The number of hydrogen-bond acceptors (Lipinski definition) is 8. The number of hydrogen-bond donors (Lipinski definition) is 2. The fraction of sp³-hybridized carbons (Fsp3) is 0. The normalized spacial score (nSPS) is 13.8. The van der Waals surface area contributed by atoms with Crippen molar-refractivity contribution < 1.29 is 31.3 Å². The number of nitro benzene ring substituents is 1. The van der Waals surface area contributed by atoms with Gasteiger partial charge in [-0.05, 0) is 6.07 Å². The van der Waals surface area contributed by atoms with Crippen LogP contribution in [0.15, 0.2) is 28.0 Å². The molecule has 2 aromatic rings. The zero-order valence-corrected chi connectivity index (χ0v) is 16.8. The lowest BCUT2D eigenvalue weighted by Gasteiger charge is -2.23. The molecule has 0 radical (unpaired) electrons. The molecule has 3 rings (SSSR count). The minimum atomic E-state index is -4.85. The number of benzene rings is 2. The minimum Gasteiger partial charge on any atom is -0.289 e. The number of carbonyl (C=O) groups excluding carboxylic acids is 2. The highest BCUT2D eigenvalue weighted by molar-refractivity contribution is 7.90. The first-order chi connectivity index (χ1) is 13.2. The number of nitrogens with two attached hydrogens (primary N) is 2. The first-order valence-electron chi connectivity index (χ1n) is 7.17. The summed E-state index contributed by atoms with van der Waals surface area (Å²) in [5.41, 5.74) is -4.14. The molecular formula is C14H7Cl2N3O8S2. The van der Waals surface area contributed by atoms with Gasteiger partial charge in [0.05, 0.1) is 26.1 Å². The van der Waals surface area contributed by atoms with E-state index in [0.29, 0.717) is 0 Å². The predicted molar refractivity (Wildman–Crippen MR) is 99.2 cm³/mol. The summed E-state index contributed by atoms with van der Waals surface area (Å²) in [4.78, 5) is 34.2. The van der Waals surface area contributed by atoms with Crippen LogP contribution in [0.5, 0.6) is 0 Å². The molecule has 29 heavy (non-hydrogen) atoms. The van der Waals surface area contributed by atoms with Gasteiger partial charge in [-0.2, -0.15) is 0 Å². The number of fused-ring (bicyclic) bond motifs is 2. The maximum absolute atomic E-state index is 13.1. The average Bonchev–Trinajstić information content (AvgIpc) is 2.58. The largest absolute Gasteiger partial charge is 0.289 e. The summed E-state index contributed by atoms with van der Waals surface area (Å²) >= 11 is 11.7. The van der Waals surface area contributed by atoms with E-state index in [9.17, 15) is 36.5 Å². The van der Waals surface area contributed by atoms with E-state index in [1.165, 1.54) is 0 Å². The predicted octanol–water partition coefficient (Wildman–Crippen LogP) is 0.972. The van der Waals surface area contributed by atoms with E-state index >= 15 is 0 Å². The molecule has 0 fully saturated rings. The quantitative estimate of drug-likeness (QED) is 0.408. The summed E-state index contributed by atoms with van der Waals surface area (Å²) < 4.78 is 48.3. The van der Waals surface area contributed by atoms with E-state index in [1.54, 1.807) is 0 Å². The van der Waals surface area contributed by atoms with Crippen LogP contribution >= 0.6 is 23.2 Å². The molecule has 152 valence electrons.